The lowest BCUT2D eigenvalue weighted by atomic mass is 9.90. The van der Waals surface area contributed by atoms with Gasteiger partial charge in [-0.3, -0.25) is 4.79 Å². The van der Waals surface area contributed by atoms with Crippen LogP contribution in [0.25, 0.3) is 0 Å². The largest absolute Gasteiger partial charge is 0.380 e. The quantitative estimate of drug-likeness (QED) is 0.200. The van der Waals surface area contributed by atoms with Gasteiger partial charge in [0.25, 0.3) is 15.9 Å². The fourth-order valence-corrected chi connectivity index (χ4v) is 7.67. The van der Waals surface area contributed by atoms with Crippen molar-refractivity contribution in [3.05, 3.63) is 85.5 Å². The smallest absolute Gasteiger partial charge is 0.266 e. The number of likely N-dealkylation sites (tertiary alicyclic amines) is 1. The summed E-state index contributed by atoms with van der Waals surface area (Å²) in [5, 5.41) is 10.2. The van der Waals surface area contributed by atoms with Gasteiger partial charge in [0, 0.05) is 29.3 Å². The van der Waals surface area contributed by atoms with E-state index in [1.807, 2.05) is 0 Å². The summed E-state index contributed by atoms with van der Waals surface area (Å²) in [5.41, 5.74) is 2.60. The zero-order valence-corrected chi connectivity index (χ0v) is 30.5. The molecule has 0 aliphatic carbocycles. The third-order valence-corrected chi connectivity index (χ3v) is 10.3. The maximum Gasteiger partial charge on any atom is 0.266 e. The van der Waals surface area contributed by atoms with Crippen LogP contribution in [0, 0.1) is 11.3 Å². The van der Waals surface area contributed by atoms with Gasteiger partial charge in [0.1, 0.15) is 10.4 Å². The van der Waals surface area contributed by atoms with Gasteiger partial charge in [-0.2, -0.15) is 0 Å². The number of carbonyl (C=O) groups excluding carboxylic acids is 1. The third kappa shape index (κ3) is 10.8. The third-order valence-electron chi connectivity index (χ3n) is 8.88. The normalized spacial score (nSPS) is 24.0. The van der Waals surface area contributed by atoms with Crippen molar-refractivity contribution in [2.75, 3.05) is 11.9 Å². The number of hydrogen-bond donors (Lipinski definition) is 4. The Labute approximate surface area is 285 Å². The van der Waals surface area contributed by atoms with E-state index in [4.69, 9.17) is 0 Å². The van der Waals surface area contributed by atoms with Crippen molar-refractivity contribution < 1.29 is 13.2 Å². The van der Waals surface area contributed by atoms with Crippen LogP contribution in [-0.2, 0) is 14.8 Å². The van der Waals surface area contributed by atoms with Crippen molar-refractivity contribution in [1.82, 2.24) is 20.3 Å². The van der Waals surface area contributed by atoms with E-state index in [0.717, 1.165) is 68.6 Å². The maximum atomic E-state index is 14.0. The summed E-state index contributed by atoms with van der Waals surface area (Å²) in [6.07, 6.45) is 11.4. The fourth-order valence-electron chi connectivity index (χ4n) is 6.42. The monoisotopic (exact) mass is 665 g/mol. The number of rotatable bonds is 9. The summed E-state index contributed by atoms with van der Waals surface area (Å²) >= 11 is 0. The first-order valence-electron chi connectivity index (χ1n) is 17.1. The minimum atomic E-state index is -4.21. The molecular formula is C38H59N5O3S. The number of fused-ring (bicyclic) bond motifs is 1. The maximum absolute atomic E-state index is 14.0. The SMILES string of the molecule is C=C1CCCC/C=C\CC[C@](C)(NC(=C)C2CCCN2C(=C)C(NC(=C)CC(C)(C)C)C(C)C)C(=O)NS(=O)(=O)c2ccccc2N1. The summed E-state index contributed by atoms with van der Waals surface area (Å²) in [6.45, 7) is 30.9. The number of anilines is 1. The molecule has 0 saturated carbocycles. The molecule has 4 N–H and O–H groups in total. The van der Waals surface area contributed by atoms with Gasteiger partial charge in [0.15, 0.2) is 0 Å². The number of hydrogen-bond acceptors (Lipinski definition) is 7. The van der Waals surface area contributed by atoms with Crippen molar-refractivity contribution in [3.8, 4) is 0 Å². The molecule has 9 heteroatoms. The van der Waals surface area contributed by atoms with Crippen molar-refractivity contribution in [2.45, 2.75) is 122 Å². The Bertz CT molecular complexity index is 1460. The summed E-state index contributed by atoms with van der Waals surface area (Å²) in [5.74, 6) is -0.360. The Morgan fingerprint density at radius 3 is 2.45 bits per heavy atom. The van der Waals surface area contributed by atoms with Gasteiger partial charge in [0.2, 0.25) is 0 Å². The molecule has 0 radical (unpaired) electrons. The second-order valence-corrected chi connectivity index (χ2v) is 16.6. The molecule has 8 nitrogen and oxygen atoms in total. The molecule has 1 amide bonds. The van der Waals surface area contributed by atoms with E-state index in [-0.39, 0.29) is 28.3 Å². The number of sulfonamides is 1. The van der Waals surface area contributed by atoms with Crippen LogP contribution in [0.4, 0.5) is 5.69 Å². The van der Waals surface area contributed by atoms with E-state index < -0.39 is 21.5 Å². The minimum absolute atomic E-state index is 0.00112. The molecule has 1 aromatic rings. The molecule has 0 bridgehead atoms. The van der Waals surface area contributed by atoms with Crippen molar-refractivity contribution in [2.24, 2.45) is 11.3 Å². The first-order chi connectivity index (χ1) is 21.9. The van der Waals surface area contributed by atoms with Crippen molar-refractivity contribution in [3.63, 3.8) is 0 Å². The fraction of sp³-hybridized carbons (Fsp3) is 0.553. The van der Waals surface area contributed by atoms with Crippen LogP contribution >= 0.6 is 0 Å². The summed E-state index contributed by atoms with van der Waals surface area (Å²) in [4.78, 5) is 16.3. The summed E-state index contributed by atoms with van der Waals surface area (Å²) < 4.78 is 29.8. The van der Waals surface area contributed by atoms with Gasteiger partial charge >= 0.3 is 0 Å². The average molecular weight is 666 g/mol. The van der Waals surface area contributed by atoms with Gasteiger partial charge in [-0.1, -0.05) is 85.2 Å². The lowest BCUT2D eigenvalue weighted by molar-refractivity contribution is -0.125. The first-order valence-corrected chi connectivity index (χ1v) is 18.5. The Kier molecular flexibility index (Phi) is 13.0. The number of benzene rings is 1. The van der Waals surface area contributed by atoms with Crippen LogP contribution in [0.2, 0.25) is 0 Å². The molecule has 1 fully saturated rings. The van der Waals surface area contributed by atoms with E-state index in [1.165, 1.54) is 6.07 Å². The molecule has 2 aliphatic rings. The number of nitrogens with zero attached hydrogens (tertiary/aromatic N) is 1. The van der Waals surface area contributed by atoms with E-state index in [2.05, 4.69) is 98.7 Å². The number of nitrogens with one attached hydrogen (secondary N) is 4. The second kappa shape index (κ2) is 16.1. The van der Waals surface area contributed by atoms with Crippen molar-refractivity contribution >= 4 is 21.6 Å². The number of amides is 1. The molecule has 2 heterocycles. The summed E-state index contributed by atoms with van der Waals surface area (Å²) in [7, 11) is -4.21. The topological polar surface area (TPSA) is 103 Å². The van der Waals surface area contributed by atoms with Gasteiger partial charge in [-0.25, -0.2) is 13.1 Å². The highest BCUT2D eigenvalue weighted by Gasteiger charge is 2.40. The number of carbonyl (C=O) groups is 1. The van der Waals surface area contributed by atoms with Crippen LogP contribution < -0.4 is 20.7 Å². The Morgan fingerprint density at radius 1 is 1.09 bits per heavy atom. The molecule has 0 aromatic heterocycles. The van der Waals surface area contributed by atoms with Gasteiger partial charge in [-0.05, 0) is 88.2 Å². The average Bonchev–Trinajstić information content (AvgIpc) is 3.46. The molecular weight excluding hydrogens is 607 g/mol. The molecule has 1 saturated heterocycles. The van der Waals surface area contributed by atoms with Crippen LogP contribution in [0.1, 0.15) is 99.3 Å². The number of allylic oxidation sites excluding steroid dienone is 4. The molecule has 1 aromatic carbocycles. The minimum Gasteiger partial charge on any atom is -0.380 e. The molecule has 3 atom stereocenters. The van der Waals surface area contributed by atoms with Crippen LogP contribution in [-0.4, -0.2) is 43.4 Å². The summed E-state index contributed by atoms with van der Waals surface area (Å²) in [6, 6.07) is 6.48. The van der Waals surface area contributed by atoms with E-state index >= 15 is 0 Å². The van der Waals surface area contributed by atoms with Gasteiger partial charge in [0.05, 0.1) is 17.8 Å². The highest BCUT2D eigenvalue weighted by atomic mass is 32.2. The molecule has 2 unspecified atom stereocenters. The highest BCUT2D eigenvalue weighted by molar-refractivity contribution is 7.90. The van der Waals surface area contributed by atoms with E-state index in [9.17, 15) is 13.2 Å². The Balaban J connectivity index is 1.87. The molecule has 2 aliphatic heterocycles. The highest BCUT2D eigenvalue weighted by Crippen LogP contribution is 2.32. The first kappa shape index (κ1) is 38.0. The Hall–Kier alpha value is -3.46. The second-order valence-electron chi connectivity index (χ2n) is 14.9. The van der Waals surface area contributed by atoms with Gasteiger partial charge < -0.3 is 20.9 Å². The predicted molar refractivity (Wildman–Crippen MR) is 196 cm³/mol. The number of para-hydroxylation sites is 1. The molecule has 3 rings (SSSR count). The van der Waals surface area contributed by atoms with Crippen molar-refractivity contribution in [1.29, 1.82) is 0 Å². The molecule has 260 valence electrons. The van der Waals surface area contributed by atoms with Crippen LogP contribution in [0.3, 0.4) is 0 Å². The molecule has 47 heavy (non-hydrogen) atoms. The molecule has 0 spiro atoms. The van der Waals surface area contributed by atoms with Crippen LogP contribution in [0.15, 0.2) is 90.4 Å². The zero-order chi connectivity index (χ0) is 35.0. The zero-order valence-electron chi connectivity index (χ0n) is 29.7. The van der Waals surface area contributed by atoms with E-state index in [1.54, 1.807) is 25.1 Å². The Morgan fingerprint density at radius 2 is 1.77 bits per heavy atom. The van der Waals surface area contributed by atoms with Gasteiger partial charge in [-0.15, -0.1) is 0 Å². The van der Waals surface area contributed by atoms with E-state index in [0.29, 0.717) is 24.2 Å². The predicted octanol–water partition coefficient (Wildman–Crippen LogP) is 7.73. The lowest BCUT2D eigenvalue weighted by Crippen LogP contribution is -2.57. The van der Waals surface area contributed by atoms with Crippen LogP contribution in [0.5, 0.6) is 0 Å². The lowest BCUT2D eigenvalue weighted by Gasteiger charge is -2.39. The standard InChI is InChI=1S/C38H59N5O3S/c1-27(2)35(40-29(4)26-37(7,8)9)31(6)43-25-19-22-33(43)30(5)41-38(10)24-18-14-12-11-13-15-20-28(3)39-32-21-16-17-23-34(32)47(45,46)42-36(38)44/h12,14,16-17,21,23,27,33,35,39-41H,3-6,11,13,15,18-20,22,24-26H2,1-2,7-10H3,(H,42,44)/b14-12-/t33?,35?,38-/m0/s1.